The van der Waals surface area contributed by atoms with Gasteiger partial charge in [0.2, 0.25) is 0 Å². The summed E-state index contributed by atoms with van der Waals surface area (Å²) < 4.78 is 12.8. The van der Waals surface area contributed by atoms with Gasteiger partial charge in [-0.3, -0.25) is 0 Å². The number of hydrogen-bond acceptors (Lipinski definition) is 1. The molecule has 0 saturated heterocycles. The predicted octanol–water partition coefficient (Wildman–Crippen LogP) is 3.70. The van der Waals surface area contributed by atoms with Crippen LogP contribution in [-0.4, -0.2) is 14.6 Å². The molecular formula is C18H24FNSi. The molecule has 0 bridgehead atoms. The number of hydrogen-bond donors (Lipinski definition) is 1. The van der Waals surface area contributed by atoms with Crippen molar-refractivity contribution in [1.29, 1.82) is 0 Å². The molecule has 0 atom stereocenters. The number of nitrogens with one attached hydrogen (secondary N) is 1. The maximum absolute atomic E-state index is 12.8. The molecule has 2 rings (SSSR count). The standard InChI is InChI=1S/C18H24FNSi/c1-21(2,3)18-10-6-16(7-11-18)14-20-13-12-15-4-8-17(19)9-5-15/h4-11,20H,12-14H2,1-3H3. The van der Waals surface area contributed by atoms with E-state index in [1.54, 1.807) is 0 Å². The second-order valence-electron chi connectivity index (χ2n) is 6.50. The van der Waals surface area contributed by atoms with Gasteiger partial charge in [-0.1, -0.05) is 61.2 Å². The van der Waals surface area contributed by atoms with E-state index in [9.17, 15) is 4.39 Å². The van der Waals surface area contributed by atoms with Crippen molar-refractivity contribution in [1.82, 2.24) is 5.32 Å². The highest BCUT2D eigenvalue weighted by molar-refractivity contribution is 6.88. The first-order chi connectivity index (χ1) is 9.95. The van der Waals surface area contributed by atoms with E-state index in [-0.39, 0.29) is 5.82 Å². The molecule has 1 nitrogen and oxygen atoms in total. The molecule has 0 aliphatic heterocycles. The van der Waals surface area contributed by atoms with E-state index in [2.05, 4.69) is 49.2 Å². The Labute approximate surface area is 128 Å². The average Bonchev–Trinajstić information content (AvgIpc) is 2.45. The summed E-state index contributed by atoms with van der Waals surface area (Å²) in [6, 6.07) is 15.7. The molecule has 21 heavy (non-hydrogen) atoms. The minimum atomic E-state index is -1.19. The summed E-state index contributed by atoms with van der Waals surface area (Å²) in [6.45, 7) is 8.88. The summed E-state index contributed by atoms with van der Waals surface area (Å²) in [5.74, 6) is -0.172. The average molecular weight is 301 g/mol. The molecule has 0 unspecified atom stereocenters. The van der Waals surface area contributed by atoms with Gasteiger partial charge in [0, 0.05) is 6.54 Å². The fourth-order valence-corrected chi connectivity index (χ4v) is 3.41. The van der Waals surface area contributed by atoms with Crippen LogP contribution in [0.25, 0.3) is 0 Å². The molecule has 0 amide bonds. The van der Waals surface area contributed by atoms with Crippen LogP contribution >= 0.6 is 0 Å². The van der Waals surface area contributed by atoms with Crippen LogP contribution in [0.4, 0.5) is 4.39 Å². The number of rotatable bonds is 6. The van der Waals surface area contributed by atoms with Crippen molar-refractivity contribution in [2.75, 3.05) is 6.54 Å². The molecule has 0 radical (unpaired) electrons. The fraction of sp³-hybridized carbons (Fsp3) is 0.333. The summed E-state index contributed by atoms with van der Waals surface area (Å²) in [5, 5.41) is 4.94. The molecule has 0 spiro atoms. The molecule has 2 aromatic carbocycles. The Bertz CT molecular complexity index is 555. The van der Waals surface area contributed by atoms with Gasteiger partial charge in [-0.05, 0) is 36.2 Å². The van der Waals surface area contributed by atoms with Crippen LogP contribution in [-0.2, 0) is 13.0 Å². The van der Waals surface area contributed by atoms with Crippen LogP contribution in [0, 0.1) is 5.82 Å². The van der Waals surface area contributed by atoms with Crippen molar-refractivity contribution in [3.8, 4) is 0 Å². The van der Waals surface area contributed by atoms with Gasteiger partial charge in [-0.25, -0.2) is 4.39 Å². The Balaban J connectivity index is 1.77. The summed E-state index contributed by atoms with van der Waals surface area (Å²) in [7, 11) is -1.19. The molecular weight excluding hydrogens is 277 g/mol. The summed E-state index contributed by atoms with van der Waals surface area (Å²) in [4.78, 5) is 0. The van der Waals surface area contributed by atoms with Gasteiger partial charge in [0.1, 0.15) is 5.82 Å². The van der Waals surface area contributed by atoms with Gasteiger partial charge in [-0.15, -0.1) is 0 Å². The van der Waals surface area contributed by atoms with Gasteiger partial charge in [0.15, 0.2) is 0 Å². The van der Waals surface area contributed by atoms with E-state index >= 15 is 0 Å². The predicted molar refractivity (Wildman–Crippen MR) is 91.2 cm³/mol. The first-order valence-corrected chi connectivity index (χ1v) is 11.0. The molecule has 1 N–H and O–H groups in total. The topological polar surface area (TPSA) is 12.0 Å². The highest BCUT2D eigenvalue weighted by Crippen LogP contribution is 2.05. The molecule has 0 aromatic heterocycles. The van der Waals surface area contributed by atoms with E-state index in [1.807, 2.05) is 12.1 Å². The number of benzene rings is 2. The van der Waals surface area contributed by atoms with Crippen LogP contribution in [0.3, 0.4) is 0 Å². The Hall–Kier alpha value is -1.45. The lowest BCUT2D eigenvalue weighted by Gasteiger charge is -2.16. The summed E-state index contributed by atoms with van der Waals surface area (Å²) in [5.41, 5.74) is 2.48. The van der Waals surface area contributed by atoms with Crippen LogP contribution in [0.5, 0.6) is 0 Å². The molecule has 0 aliphatic rings. The maximum Gasteiger partial charge on any atom is 0.123 e. The van der Waals surface area contributed by atoms with Gasteiger partial charge in [-0.2, -0.15) is 0 Å². The van der Waals surface area contributed by atoms with Gasteiger partial charge < -0.3 is 5.32 Å². The van der Waals surface area contributed by atoms with Gasteiger partial charge in [0.05, 0.1) is 8.07 Å². The summed E-state index contributed by atoms with van der Waals surface area (Å²) >= 11 is 0. The lowest BCUT2D eigenvalue weighted by Crippen LogP contribution is -2.37. The zero-order valence-electron chi connectivity index (χ0n) is 13.1. The monoisotopic (exact) mass is 301 g/mol. The molecule has 0 aliphatic carbocycles. The largest absolute Gasteiger partial charge is 0.312 e. The second-order valence-corrected chi connectivity index (χ2v) is 11.6. The molecule has 3 heteroatoms. The van der Waals surface area contributed by atoms with Crippen LogP contribution in [0.15, 0.2) is 48.5 Å². The molecule has 0 heterocycles. The van der Waals surface area contributed by atoms with Gasteiger partial charge >= 0.3 is 0 Å². The third-order valence-corrected chi connectivity index (χ3v) is 5.72. The second kappa shape index (κ2) is 7.01. The lowest BCUT2D eigenvalue weighted by atomic mass is 10.1. The minimum Gasteiger partial charge on any atom is -0.312 e. The van der Waals surface area contributed by atoms with E-state index < -0.39 is 8.07 Å². The highest BCUT2D eigenvalue weighted by Gasteiger charge is 2.15. The van der Waals surface area contributed by atoms with Crippen molar-refractivity contribution >= 4 is 13.3 Å². The van der Waals surface area contributed by atoms with Crippen LogP contribution in [0.2, 0.25) is 19.6 Å². The van der Waals surface area contributed by atoms with Crippen molar-refractivity contribution in [3.63, 3.8) is 0 Å². The Morgan fingerprint density at radius 2 is 1.43 bits per heavy atom. The van der Waals surface area contributed by atoms with E-state index in [4.69, 9.17) is 0 Å². The van der Waals surface area contributed by atoms with Crippen molar-refractivity contribution in [3.05, 3.63) is 65.5 Å². The van der Waals surface area contributed by atoms with E-state index in [0.717, 1.165) is 25.1 Å². The smallest absolute Gasteiger partial charge is 0.123 e. The molecule has 0 fully saturated rings. The Morgan fingerprint density at radius 1 is 0.857 bits per heavy atom. The summed E-state index contributed by atoms with van der Waals surface area (Å²) in [6.07, 6.45) is 0.924. The Kier molecular flexibility index (Phi) is 5.31. The zero-order valence-corrected chi connectivity index (χ0v) is 14.1. The highest BCUT2D eigenvalue weighted by atomic mass is 28.3. The van der Waals surface area contributed by atoms with Gasteiger partial charge in [0.25, 0.3) is 0 Å². The SMILES string of the molecule is C[Si](C)(C)c1ccc(CNCCc2ccc(F)cc2)cc1. The first kappa shape index (κ1) is 15.9. The van der Waals surface area contributed by atoms with Crippen molar-refractivity contribution < 1.29 is 4.39 Å². The third kappa shape index (κ3) is 5.10. The van der Waals surface area contributed by atoms with E-state index in [1.165, 1.54) is 22.9 Å². The zero-order chi connectivity index (χ0) is 15.3. The molecule has 112 valence electrons. The third-order valence-electron chi connectivity index (χ3n) is 3.65. The lowest BCUT2D eigenvalue weighted by molar-refractivity contribution is 0.626. The molecule has 2 aromatic rings. The first-order valence-electron chi connectivity index (χ1n) is 7.50. The maximum atomic E-state index is 12.8. The normalized spacial score (nSPS) is 11.6. The van der Waals surface area contributed by atoms with Crippen LogP contribution in [0.1, 0.15) is 11.1 Å². The Morgan fingerprint density at radius 3 is 2.00 bits per heavy atom. The van der Waals surface area contributed by atoms with Crippen molar-refractivity contribution in [2.24, 2.45) is 0 Å². The fourth-order valence-electron chi connectivity index (χ4n) is 2.24. The number of halogens is 1. The van der Waals surface area contributed by atoms with Crippen LogP contribution < -0.4 is 10.5 Å². The molecule has 0 saturated carbocycles. The minimum absolute atomic E-state index is 0.172. The van der Waals surface area contributed by atoms with E-state index in [0.29, 0.717) is 0 Å². The quantitative estimate of drug-likeness (QED) is 0.633. The van der Waals surface area contributed by atoms with Crippen molar-refractivity contribution in [2.45, 2.75) is 32.6 Å².